The number of nitrogens with zero attached hydrogens (tertiary/aromatic N) is 3. The molecule has 0 amide bonds. The Labute approximate surface area is 115 Å². The summed E-state index contributed by atoms with van der Waals surface area (Å²) < 4.78 is 7.52. The van der Waals surface area contributed by atoms with Gasteiger partial charge in [-0.1, -0.05) is 29.3 Å². The van der Waals surface area contributed by atoms with Gasteiger partial charge in [0.15, 0.2) is 11.5 Å². The third-order valence-corrected chi connectivity index (χ3v) is 3.05. The van der Waals surface area contributed by atoms with Gasteiger partial charge in [-0.05, 0) is 31.2 Å². The van der Waals surface area contributed by atoms with Crippen molar-refractivity contribution in [1.29, 1.82) is 0 Å². The number of fused-ring (bicyclic) bond motifs is 1. The summed E-state index contributed by atoms with van der Waals surface area (Å²) in [5.41, 5.74) is 1.96. The van der Waals surface area contributed by atoms with E-state index in [2.05, 4.69) is 10.2 Å². The van der Waals surface area contributed by atoms with Crippen molar-refractivity contribution in [2.75, 3.05) is 0 Å². The first-order chi connectivity index (χ1) is 9.22. The number of benzene rings is 1. The molecule has 0 bridgehead atoms. The molecule has 1 aromatic carbocycles. The summed E-state index contributed by atoms with van der Waals surface area (Å²) in [6, 6.07) is 11.5. The zero-order valence-corrected chi connectivity index (χ0v) is 11.1. The minimum Gasteiger partial charge on any atom is -0.486 e. The molecule has 0 aliphatic rings. The number of aryl methyl sites for hydroxylation is 1. The van der Waals surface area contributed by atoms with Gasteiger partial charge in [0.1, 0.15) is 12.4 Å². The van der Waals surface area contributed by atoms with Crippen molar-refractivity contribution in [3.8, 4) is 5.75 Å². The van der Waals surface area contributed by atoms with Crippen molar-refractivity contribution >= 4 is 17.2 Å². The Bertz CT molecular complexity index is 706. The fourth-order valence-corrected chi connectivity index (χ4v) is 1.95. The molecule has 0 N–H and O–H groups in total. The van der Waals surface area contributed by atoms with Gasteiger partial charge in [-0.2, -0.15) is 0 Å². The lowest BCUT2D eigenvalue weighted by Gasteiger charge is -2.05. The van der Waals surface area contributed by atoms with E-state index in [0.29, 0.717) is 11.6 Å². The van der Waals surface area contributed by atoms with E-state index < -0.39 is 0 Å². The van der Waals surface area contributed by atoms with E-state index in [0.717, 1.165) is 17.2 Å². The molecule has 0 spiro atoms. The van der Waals surface area contributed by atoms with Crippen molar-refractivity contribution in [3.63, 3.8) is 0 Å². The molecule has 0 aliphatic carbocycles. The van der Waals surface area contributed by atoms with Crippen molar-refractivity contribution in [3.05, 3.63) is 59.0 Å². The largest absolute Gasteiger partial charge is 0.486 e. The fourth-order valence-electron chi connectivity index (χ4n) is 1.79. The van der Waals surface area contributed by atoms with Gasteiger partial charge in [-0.15, -0.1) is 10.2 Å². The van der Waals surface area contributed by atoms with Crippen LogP contribution in [0.25, 0.3) is 5.65 Å². The molecular formula is C14H12ClN3O. The van der Waals surface area contributed by atoms with Crippen LogP contribution >= 0.6 is 11.6 Å². The van der Waals surface area contributed by atoms with E-state index in [-0.39, 0.29) is 0 Å². The molecule has 0 saturated carbocycles. The molecule has 2 aromatic heterocycles. The number of hydrogen-bond donors (Lipinski definition) is 0. The van der Waals surface area contributed by atoms with E-state index in [1.165, 1.54) is 5.56 Å². The predicted octanol–water partition coefficient (Wildman–Crippen LogP) is 3.27. The van der Waals surface area contributed by atoms with Gasteiger partial charge in [-0.25, -0.2) is 0 Å². The van der Waals surface area contributed by atoms with Crippen LogP contribution in [-0.4, -0.2) is 14.6 Å². The summed E-state index contributed by atoms with van der Waals surface area (Å²) in [5.74, 6) is 1.53. The third-order valence-electron chi connectivity index (χ3n) is 2.83. The topological polar surface area (TPSA) is 39.4 Å². The van der Waals surface area contributed by atoms with E-state index in [1.807, 2.05) is 41.7 Å². The van der Waals surface area contributed by atoms with Crippen LogP contribution in [0.3, 0.4) is 0 Å². The molecular weight excluding hydrogens is 262 g/mol. The van der Waals surface area contributed by atoms with E-state index in [4.69, 9.17) is 16.3 Å². The molecule has 0 unspecified atom stereocenters. The summed E-state index contributed by atoms with van der Waals surface area (Å²) in [7, 11) is 0. The Morgan fingerprint density at radius 3 is 2.68 bits per heavy atom. The second-order valence-electron chi connectivity index (χ2n) is 4.29. The average molecular weight is 274 g/mol. The van der Waals surface area contributed by atoms with Crippen molar-refractivity contribution in [2.24, 2.45) is 0 Å². The first-order valence-electron chi connectivity index (χ1n) is 5.91. The number of halogens is 1. The highest BCUT2D eigenvalue weighted by molar-refractivity contribution is 6.30. The highest BCUT2D eigenvalue weighted by atomic mass is 35.5. The lowest BCUT2D eigenvalue weighted by molar-refractivity contribution is 0.294. The molecule has 0 fully saturated rings. The highest BCUT2D eigenvalue weighted by Crippen LogP contribution is 2.15. The van der Waals surface area contributed by atoms with Crippen LogP contribution < -0.4 is 4.74 Å². The summed E-state index contributed by atoms with van der Waals surface area (Å²) in [6.07, 6.45) is 1.78. The average Bonchev–Trinajstić information content (AvgIpc) is 2.80. The molecule has 5 heteroatoms. The van der Waals surface area contributed by atoms with Crippen molar-refractivity contribution < 1.29 is 4.74 Å². The SMILES string of the molecule is Cc1ccc(OCc2nnc3ccc(Cl)cn23)cc1. The first kappa shape index (κ1) is 12.0. The van der Waals surface area contributed by atoms with Crippen LogP contribution in [-0.2, 0) is 6.61 Å². The number of pyridine rings is 1. The Morgan fingerprint density at radius 1 is 1.11 bits per heavy atom. The van der Waals surface area contributed by atoms with Gasteiger partial charge in [0, 0.05) is 6.20 Å². The lowest BCUT2D eigenvalue weighted by atomic mass is 10.2. The Balaban J connectivity index is 1.81. The maximum absolute atomic E-state index is 5.96. The highest BCUT2D eigenvalue weighted by Gasteiger charge is 2.06. The van der Waals surface area contributed by atoms with Gasteiger partial charge in [0.05, 0.1) is 5.02 Å². The number of aromatic nitrogens is 3. The van der Waals surface area contributed by atoms with Gasteiger partial charge in [-0.3, -0.25) is 4.40 Å². The molecule has 0 atom stereocenters. The van der Waals surface area contributed by atoms with Crippen LogP contribution in [0.2, 0.25) is 5.02 Å². The maximum Gasteiger partial charge on any atom is 0.175 e. The quantitative estimate of drug-likeness (QED) is 0.735. The normalized spacial score (nSPS) is 10.8. The van der Waals surface area contributed by atoms with E-state index in [9.17, 15) is 0 Å². The minimum absolute atomic E-state index is 0.352. The zero-order chi connectivity index (χ0) is 13.2. The molecule has 0 saturated heterocycles. The molecule has 3 rings (SSSR count). The zero-order valence-electron chi connectivity index (χ0n) is 10.4. The van der Waals surface area contributed by atoms with Gasteiger partial charge in [0.2, 0.25) is 0 Å². The molecule has 0 radical (unpaired) electrons. The second-order valence-corrected chi connectivity index (χ2v) is 4.73. The predicted molar refractivity (Wildman–Crippen MR) is 73.5 cm³/mol. The molecule has 4 nitrogen and oxygen atoms in total. The standard InChI is InChI=1S/C14H12ClN3O/c1-10-2-5-12(6-3-10)19-9-14-17-16-13-7-4-11(15)8-18(13)14/h2-8H,9H2,1H3. The summed E-state index contributed by atoms with van der Waals surface area (Å²) in [4.78, 5) is 0. The van der Waals surface area contributed by atoms with Crippen LogP contribution in [0.1, 0.15) is 11.4 Å². The van der Waals surface area contributed by atoms with E-state index in [1.54, 1.807) is 12.3 Å². The van der Waals surface area contributed by atoms with Crippen LogP contribution in [0.5, 0.6) is 5.75 Å². The minimum atomic E-state index is 0.352. The fraction of sp³-hybridized carbons (Fsp3) is 0.143. The lowest BCUT2D eigenvalue weighted by Crippen LogP contribution is -2.01. The van der Waals surface area contributed by atoms with Gasteiger partial charge < -0.3 is 4.74 Å². The molecule has 2 heterocycles. The number of ether oxygens (including phenoxy) is 1. The molecule has 0 aliphatic heterocycles. The van der Waals surface area contributed by atoms with Gasteiger partial charge >= 0.3 is 0 Å². The second kappa shape index (κ2) is 4.90. The maximum atomic E-state index is 5.96. The number of rotatable bonds is 3. The van der Waals surface area contributed by atoms with E-state index >= 15 is 0 Å². The monoisotopic (exact) mass is 273 g/mol. The van der Waals surface area contributed by atoms with Gasteiger partial charge in [0.25, 0.3) is 0 Å². The van der Waals surface area contributed by atoms with Crippen molar-refractivity contribution in [2.45, 2.75) is 13.5 Å². The van der Waals surface area contributed by atoms with Crippen molar-refractivity contribution in [1.82, 2.24) is 14.6 Å². The Hall–Kier alpha value is -2.07. The smallest absolute Gasteiger partial charge is 0.175 e. The molecule has 96 valence electrons. The Morgan fingerprint density at radius 2 is 1.89 bits per heavy atom. The summed E-state index contributed by atoms with van der Waals surface area (Å²) in [5, 5.41) is 8.80. The third kappa shape index (κ3) is 2.53. The first-order valence-corrected chi connectivity index (χ1v) is 6.29. The van der Waals surface area contributed by atoms with Crippen LogP contribution in [0.4, 0.5) is 0 Å². The number of hydrogen-bond acceptors (Lipinski definition) is 3. The summed E-state index contributed by atoms with van der Waals surface area (Å²) >= 11 is 5.96. The molecule has 3 aromatic rings. The summed E-state index contributed by atoms with van der Waals surface area (Å²) in [6.45, 7) is 2.39. The van der Waals surface area contributed by atoms with Crippen LogP contribution in [0.15, 0.2) is 42.6 Å². The Kier molecular flexibility index (Phi) is 3.09. The van der Waals surface area contributed by atoms with Crippen LogP contribution in [0, 0.1) is 6.92 Å². The molecule has 19 heavy (non-hydrogen) atoms.